The van der Waals surface area contributed by atoms with E-state index in [0.717, 1.165) is 25.2 Å². The van der Waals surface area contributed by atoms with Gasteiger partial charge < -0.3 is 10.6 Å². The zero-order chi connectivity index (χ0) is 18.1. The molecule has 0 aliphatic heterocycles. The molecule has 1 aromatic carbocycles. The van der Waals surface area contributed by atoms with Crippen molar-refractivity contribution in [3.8, 4) is 0 Å². The quantitative estimate of drug-likeness (QED) is 0.723. The van der Waals surface area contributed by atoms with E-state index in [2.05, 4.69) is 41.5 Å². The molecule has 0 bridgehead atoms. The summed E-state index contributed by atoms with van der Waals surface area (Å²) < 4.78 is 0. The van der Waals surface area contributed by atoms with Crippen LogP contribution in [-0.2, 0) is 17.9 Å². The molecule has 0 radical (unpaired) electrons. The van der Waals surface area contributed by atoms with E-state index in [4.69, 9.17) is 0 Å². The maximum Gasteiger partial charge on any atom is 0.261 e. The third-order valence-electron chi connectivity index (χ3n) is 3.97. The van der Waals surface area contributed by atoms with Gasteiger partial charge in [0.05, 0.1) is 11.4 Å². The number of amides is 2. The molecule has 2 amide bonds. The first kappa shape index (κ1) is 19.1. The van der Waals surface area contributed by atoms with Gasteiger partial charge in [0.15, 0.2) is 0 Å². The lowest BCUT2D eigenvalue weighted by Gasteiger charge is -2.18. The standard InChI is InChI=1S/C19H25N3O2S/c1-3-22(4-2)14-16-9-7-15(8-10-16)12-20-18(23)13-21-19(24)17-6-5-11-25-17/h5-11H,3-4,12-14H2,1-2H3,(H,20,23)(H,21,24). The zero-order valence-electron chi connectivity index (χ0n) is 14.7. The largest absolute Gasteiger partial charge is 0.350 e. The maximum atomic E-state index is 11.9. The average molecular weight is 359 g/mol. The van der Waals surface area contributed by atoms with Crippen LogP contribution in [0.25, 0.3) is 0 Å². The van der Waals surface area contributed by atoms with Gasteiger partial charge in [-0.3, -0.25) is 14.5 Å². The van der Waals surface area contributed by atoms with Gasteiger partial charge in [-0.15, -0.1) is 11.3 Å². The van der Waals surface area contributed by atoms with Crippen molar-refractivity contribution in [1.29, 1.82) is 0 Å². The molecule has 6 heteroatoms. The van der Waals surface area contributed by atoms with E-state index >= 15 is 0 Å². The Kier molecular flexibility index (Phi) is 7.63. The summed E-state index contributed by atoms with van der Waals surface area (Å²) in [6.45, 7) is 7.76. The molecular formula is C19H25N3O2S. The third-order valence-corrected chi connectivity index (χ3v) is 4.84. The molecule has 0 fully saturated rings. The maximum absolute atomic E-state index is 11.9. The molecule has 0 saturated heterocycles. The fourth-order valence-electron chi connectivity index (χ4n) is 2.39. The summed E-state index contributed by atoms with van der Waals surface area (Å²) >= 11 is 1.35. The van der Waals surface area contributed by atoms with Gasteiger partial charge in [0.1, 0.15) is 0 Å². The molecule has 25 heavy (non-hydrogen) atoms. The van der Waals surface area contributed by atoms with Crippen molar-refractivity contribution in [1.82, 2.24) is 15.5 Å². The SMILES string of the molecule is CCN(CC)Cc1ccc(CNC(=O)CNC(=O)c2cccs2)cc1. The molecule has 0 unspecified atom stereocenters. The molecule has 0 aliphatic rings. The van der Waals surface area contributed by atoms with Crippen molar-refractivity contribution in [2.45, 2.75) is 26.9 Å². The van der Waals surface area contributed by atoms with Crippen molar-refractivity contribution in [2.24, 2.45) is 0 Å². The Morgan fingerprint density at radius 2 is 1.68 bits per heavy atom. The van der Waals surface area contributed by atoms with Crippen LogP contribution in [0.5, 0.6) is 0 Å². The predicted octanol–water partition coefficient (Wildman–Crippen LogP) is 2.64. The number of carbonyl (C=O) groups is 2. The second kappa shape index (κ2) is 9.96. The van der Waals surface area contributed by atoms with E-state index in [1.54, 1.807) is 6.07 Å². The van der Waals surface area contributed by atoms with Crippen molar-refractivity contribution in [3.63, 3.8) is 0 Å². The van der Waals surface area contributed by atoms with Crippen LogP contribution in [0.3, 0.4) is 0 Å². The first-order valence-electron chi connectivity index (χ1n) is 8.51. The lowest BCUT2D eigenvalue weighted by Crippen LogP contribution is -2.36. The van der Waals surface area contributed by atoms with E-state index in [9.17, 15) is 9.59 Å². The van der Waals surface area contributed by atoms with Gasteiger partial charge in [-0.2, -0.15) is 0 Å². The molecule has 0 spiro atoms. The number of nitrogens with zero attached hydrogens (tertiary/aromatic N) is 1. The molecule has 2 aromatic rings. The van der Waals surface area contributed by atoms with Crippen LogP contribution in [0.1, 0.15) is 34.6 Å². The lowest BCUT2D eigenvalue weighted by atomic mass is 10.1. The van der Waals surface area contributed by atoms with Crippen LogP contribution >= 0.6 is 11.3 Å². The summed E-state index contributed by atoms with van der Waals surface area (Å²) in [6.07, 6.45) is 0. The molecule has 1 aromatic heterocycles. The van der Waals surface area contributed by atoms with Crippen molar-refractivity contribution in [2.75, 3.05) is 19.6 Å². The van der Waals surface area contributed by atoms with Gasteiger partial charge in [-0.05, 0) is 35.7 Å². The molecule has 0 aliphatic carbocycles. The summed E-state index contributed by atoms with van der Waals surface area (Å²) in [6, 6.07) is 11.8. The Hall–Kier alpha value is -2.18. The summed E-state index contributed by atoms with van der Waals surface area (Å²) in [7, 11) is 0. The number of rotatable bonds is 9. The van der Waals surface area contributed by atoms with Crippen molar-refractivity contribution >= 4 is 23.2 Å². The Morgan fingerprint density at radius 1 is 1.00 bits per heavy atom. The van der Waals surface area contributed by atoms with Gasteiger partial charge in [-0.25, -0.2) is 0 Å². The van der Waals surface area contributed by atoms with Crippen LogP contribution in [0.4, 0.5) is 0 Å². The highest BCUT2D eigenvalue weighted by Crippen LogP contribution is 2.08. The summed E-state index contributed by atoms with van der Waals surface area (Å²) in [5.74, 6) is -0.414. The summed E-state index contributed by atoms with van der Waals surface area (Å²) in [4.78, 5) is 26.6. The topological polar surface area (TPSA) is 61.4 Å². The molecular weight excluding hydrogens is 334 g/mol. The van der Waals surface area contributed by atoms with Crippen molar-refractivity contribution in [3.05, 3.63) is 57.8 Å². The number of nitrogens with one attached hydrogen (secondary N) is 2. The smallest absolute Gasteiger partial charge is 0.261 e. The van der Waals surface area contributed by atoms with E-state index < -0.39 is 0 Å². The molecule has 0 atom stereocenters. The average Bonchev–Trinajstić information content (AvgIpc) is 3.18. The van der Waals surface area contributed by atoms with Crippen LogP contribution in [0, 0.1) is 0 Å². The van der Waals surface area contributed by atoms with Crippen LogP contribution < -0.4 is 10.6 Å². The zero-order valence-corrected chi connectivity index (χ0v) is 15.6. The van der Waals surface area contributed by atoms with E-state index in [-0.39, 0.29) is 18.4 Å². The first-order valence-corrected chi connectivity index (χ1v) is 9.39. The van der Waals surface area contributed by atoms with Gasteiger partial charge in [0, 0.05) is 13.1 Å². The second-order valence-electron chi connectivity index (χ2n) is 5.71. The number of carbonyl (C=O) groups excluding carboxylic acids is 2. The fourth-order valence-corrected chi connectivity index (χ4v) is 3.03. The highest BCUT2D eigenvalue weighted by atomic mass is 32.1. The van der Waals surface area contributed by atoms with E-state index in [1.807, 2.05) is 23.6 Å². The number of benzene rings is 1. The summed E-state index contributed by atoms with van der Waals surface area (Å²) in [5, 5.41) is 7.27. The van der Waals surface area contributed by atoms with Gasteiger partial charge >= 0.3 is 0 Å². The monoisotopic (exact) mass is 359 g/mol. The number of hydrogen-bond donors (Lipinski definition) is 2. The Bertz CT molecular complexity index is 664. The Morgan fingerprint density at radius 3 is 2.28 bits per heavy atom. The minimum atomic E-state index is -0.217. The minimum absolute atomic E-state index is 0.0171. The van der Waals surface area contributed by atoms with Crippen LogP contribution in [0.15, 0.2) is 41.8 Å². The van der Waals surface area contributed by atoms with Crippen LogP contribution in [0.2, 0.25) is 0 Å². The normalized spacial score (nSPS) is 10.7. The van der Waals surface area contributed by atoms with Gasteiger partial charge in [-0.1, -0.05) is 44.2 Å². The van der Waals surface area contributed by atoms with Crippen molar-refractivity contribution < 1.29 is 9.59 Å². The number of thiophene rings is 1. The van der Waals surface area contributed by atoms with E-state index in [0.29, 0.717) is 11.4 Å². The molecule has 2 N–H and O–H groups in total. The highest BCUT2D eigenvalue weighted by molar-refractivity contribution is 7.12. The molecule has 134 valence electrons. The minimum Gasteiger partial charge on any atom is -0.350 e. The van der Waals surface area contributed by atoms with E-state index in [1.165, 1.54) is 16.9 Å². The lowest BCUT2D eigenvalue weighted by molar-refractivity contribution is -0.120. The van der Waals surface area contributed by atoms with Gasteiger partial charge in [0.25, 0.3) is 5.91 Å². The summed E-state index contributed by atoms with van der Waals surface area (Å²) in [5.41, 5.74) is 2.31. The molecule has 2 rings (SSSR count). The van der Waals surface area contributed by atoms with Gasteiger partial charge in [0.2, 0.25) is 5.91 Å². The number of hydrogen-bond acceptors (Lipinski definition) is 4. The Labute approximate surface area is 153 Å². The second-order valence-corrected chi connectivity index (χ2v) is 6.66. The van der Waals surface area contributed by atoms with Crippen LogP contribution in [-0.4, -0.2) is 36.3 Å². The Balaban J connectivity index is 1.73. The highest BCUT2D eigenvalue weighted by Gasteiger charge is 2.08. The predicted molar refractivity (Wildman–Crippen MR) is 102 cm³/mol. The molecule has 5 nitrogen and oxygen atoms in total. The third kappa shape index (κ3) is 6.32. The molecule has 1 heterocycles. The fraction of sp³-hybridized carbons (Fsp3) is 0.368. The molecule has 0 saturated carbocycles. The first-order chi connectivity index (χ1) is 12.1.